The van der Waals surface area contributed by atoms with Crippen LogP contribution in [0, 0.1) is 6.92 Å². The van der Waals surface area contributed by atoms with Crippen LogP contribution in [0.2, 0.25) is 10.0 Å². The standard InChI is InChI=1S/C10H8Cl2N4S/c1-6-14-15-10(17)16(6)13-5-7-8(11)3-2-4-9(7)12/h2-5H,1H3,(H,15,17). The Balaban J connectivity index is 2.39. The summed E-state index contributed by atoms with van der Waals surface area (Å²) in [6.07, 6.45) is 1.56. The molecule has 0 amide bonds. The normalized spacial score (nSPS) is 11.3. The molecule has 0 spiro atoms. The minimum Gasteiger partial charge on any atom is -0.192 e. The van der Waals surface area contributed by atoms with Crippen molar-refractivity contribution < 1.29 is 0 Å². The van der Waals surface area contributed by atoms with Gasteiger partial charge in [0.25, 0.3) is 0 Å². The maximum absolute atomic E-state index is 6.01. The van der Waals surface area contributed by atoms with Gasteiger partial charge in [-0.25, -0.2) is 0 Å². The molecule has 88 valence electrons. The molecule has 0 atom stereocenters. The van der Waals surface area contributed by atoms with Gasteiger partial charge < -0.3 is 0 Å². The van der Waals surface area contributed by atoms with Crippen molar-refractivity contribution in [3.05, 3.63) is 39.6 Å². The smallest absolute Gasteiger partial charge is 0.192 e. The molecule has 0 aliphatic heterocycles. The number of halogens is 2. The van der Waals surface area contributed by atoms with Crippen LogP contribution in [0.1, 0.15) is 11.4 Å². The maximum Gasteiger partial charge on any atom is 0.208 e. The van der Waals surface area contributed by atoms with E-state index >= 15 is 0 Å². The van der Waals surface area contributed by atoms with Gasteiger partial charge in [-0.1, -0.05) is 29.3 Å². The summed E-state index contributed by atoms with van der Waals surface area (Å²) >= 11 is 16.2. The van der Waals surface area contributed by atoms with Crippen LogP contribution in [-0.4, -0.2) is 21.1 Å². The van der Waals surface area contributed by atoms with Crippen LogP contribution in [0.15, 0.2) is 28.5 Å². The van der Waals surface area contributed by atoms with Crippen LogP contribution in [0.3, 0.4) is 0 Å². The molecule has 0 aliphatic rings. The van der Waals surface area contributed by atoms with Crippen molar-refractivity contribution in [3.63, 3.8) is 0 Å². The molecule has 7 heteroatoms. The third-order valence-electron chi connectivity index (χ3n) is 2.08. The summed E-state index contributed by atoms with van der Waals surface area (Å²) in [6.45, 7) is 1.78. The highest BCUT2D eigenvalue weighted by Gasteiger charge is 2.05. The Morgan fingerprint density at radius 1 is 1.29 bits per heavy atom. The maximum atomic E-state index is 6.01. The number of aromatic nitrogens is 3. The van der Waals surface area contributed by atoms with E-state index < -0.39 is 0 Å². The molecule has 0 saturated heterocycles. The first-order valence-corrected chi connectivity index (χ1v) is 5.89. The highest BCUT2D eigenvalue weighted by atomic mass is 35.5. The Kier molecular flexibility index (Phi) is 3.71. The fourth-order valence-electron chi connectivity index (χ4n) is 1.23. The summed E-state index contributed by atoms with van der Waals surface area (Å²) in [4.78, 5) is 0. The third-order valence-corrected chi connectivity index (χ3v) is 3.02. The van der Waals surface area contributed by atoms with Crippen LogP contribution in [-0.2, 0) is 0 Å². The first-order valence-electron chi connectivity index (χ1n) is 4.69. The van der Waals surface area contributed by atoms with Crippen LogP contribution >= 0.6 is 35.8 Å². The number of aryl methyl sites for hydroxylation is 1. The monoisotopic (exact) mass is 286 g/mol. The van der Waals surface area contributed by atoms with E-state index in [0.717, 1.165) is 0 Å². The van der Waals surface area contributed by atoms with E-state index in [2.05, 4.69) is 27.9 Å². The van der Waals surface area contributed by atoms with E-state index in [0.29, 0.717) is 26.6 Å². The van der Waals surface area contributed by atoms with Gasteiger partial charge in [0.15, 0.2) is 5.82 Å². The third kappa shape index (κ3) is 2.62. The van der Waals surface area contributed by atoms with E-state index in [1.807, 2.05) is 0 Å². The van der Waals surface area contributed by atoms with Crippen LogP contribution < -0.4 is 0 Å². The first kappa shape index (κ1) is 12.4. The molecule has 0 unspecified atom stereocenters. The molecular weight excluding hydrogens is 279 g/mol. The lowest BCUT2D eigenvalue weighted by Crippen LogP contribution is -1.95. The van der Waals surface area contributed by atoms with Gasteiger partial charge in [0, 0.05) is 5.56 Å². The molecule has 0 fully saturated rings. The Bertz CT molecular complexity index is 540. The molecule has 17 heavy (non-hydrogen) atoms. The van der Waals surface area contributed by atoms with Crippen molar-refractivity contribution in [2.75, 3.05) is 0 Å². The van der Waals surface area contributed by atoms with Gasteiger partial charge in [0.1, 0.15) is 0 Å². The predicted octanol–water partition coefficient (Wildman–Crippen LogP) is 3.06. The Morgan fingerprint density at radius 3 is 2.47 bits per heavy atom. The number of benzene rings is 1. The van der Waals surface area contributed by atoms with Crippen LogP contribution in [0.4, 0.5) is 0 Å². The van der Waals surface area contributed by atoms with E-state index in [4.69, 9.17) is 23.2 Å². The summed E-state index contributed by atoms with van der Waals surface area (Å²) in [5.41, 5.74) is 0.650. The number of hydrogen-bond acceptors (Lipinski definition) is 4. The highest BCUT2D eigenvalue weighted by Crippen LogP contribution is 2.22. The van der Waals surface area contributed by atoms with Gasteiger partial charge in [-0.2, -0.15) is 9.78 Å². The number of rotatable bonds is 2. The molecule has 0 saturated carbocycles. The summed E-state index contributed by atoms with van der Waals surface area (Å²) in [6, 6.07) is 5.26. The fraction of sp³-hybridized carbons (Fsp3) is 0.100. The zero-order valence-electron chi connectivity index (χ0n) is 8.80. The zero-order valence-corrected chi connectivity index (χ0v) is 11.2. The quantitative estimate of drug-likeness (QED) is 0.681. The van der Waals surface area contributed by atoms with E-state index in [1.54, 1.807) is 31.3 Å². The lowest BCUT2D eigenvalue weighted by molar-refractivity contribution is 0.747. The van der Waals surface area contributed by atoms with Crippen molar-refractivity contribution >= 4 is 42.0 Å². The molecule has 1 heterocycles. The van der Waals surface area contributed by atoms with E-state index in [-0.39, 0.29) is 0 Å². The molecular formula is C10H8Cl2N4S. The predicted molar refractivity (Wildman–Crippen MR) is 71.5 cm³/mol. The SMILES string of the molecule is Cc1nnc(S)n1N=Cc1c(Cl)cccc1Cl. The summed E-state index contributed by atoms with van der Waals surface area (Å²) in [7, 11) is 0. The second-order valence-electron chi connectivity index (χ2n) is 3.24. The Hall–Kier alpha value is -1.04. The molecule has 4 nitrogen and oxygen atoms in total. The Morgan fingerprint density at radius 2 is 1.94 bits per heavy atom. The number of thiol groups is 1. The molecule has 2 aromatic rings. The molecule has 2 rings (SSSR count). The summed E-state index contributed by atoms with van der Waals surface area (Å²) in [5, 5.41) is 13.3. The van der Waals surface area contributed by atoms with E-state index in [1.165, 1.54) is 4.68 Å². The lowest BCUT2D eigenvalue weighted by Gasteiger charge is -2.01. The fourth-order valence-corrected chi connectivity index (χ4v) is 1.97. The lowest BCUT2D eigenvalue weighted by atomic mass is 10.2. The molecule has 1 aromatic carbocycles. The van der Waals surface area contributed by atoms with Crippen molar-refractivity contribution in [1.29, 1.82) is 0 Å². The van der Waals surface area contributed by atoms with Gasteiger partial charge in [-0.3, -0.25) is 0 Å². The molecule has 0 N–H and O–H groups in total. The molecule has 0 aliphatic carbocycles. The summed E-state index contributed by atoms with van der Waals surface area (Å²) in [5.74, 6) is 0.634. The highest BCUT2D eigenvalue weighted by molar-refractivity contribution is 7.80. The average Bonchev–Trinajstić information content (AvgIpc) is 2.59. The number of hydrogen-bond donors (Lipinski definition) is 1. The van der Waals surface area contributed by atoms with Crippen molar-refractivity contribution in [2.45, 2.75) is 12.1 Å². The summed E-state index contributed by atoms with van der Waals surface area (Å²) < 4.78 is 1.49. The van der Waals surface area contributed by atoms with Crippen molar-refractivity contribution in [3.8, 4) is 0 Å². The number of nitrogens with zero attached hydrogens (tertiary/aromatic N) is 4. The second kappa shape index (κ2) is 5.08. The topological polar surface area (TPSA) is 43.1 Å². The van der Waals surface area contributed by atoms with Gasteiger partial charge >= 0.3 is 0 Å². The van der Waals surface area contributed by atoms with Crippen LogP contribution in [0.5, 0.6) is 0 Å². The second-order valence-corrected chi connectivity index (χ2v) is 4.45. The minimum absolute atomic E-state index is 0.405. The van der Waals surface area contributed by atoms with E-state index in [9.17, 15) is 0 Å². The molecule has 0 bridgehead atoms. The van der Waals surface area contributed by atoms with Crippen molar-refractivity contribution in [1.82, 2.24) is 14.9 Å². The molecule has 0 radical (unpaired) electrons. The van der Waals surface area contributed by atoms with Gasteiger partial charge in [-0.15, -0.1) is 22.8 Å². The molecule has 1 aromatic heterocycles. The zero-order chi connectivity index (χ0) is 12.4. The Labute approximate surface area is 114 Å². The first-order chi connectivity index (χ1) is 8.09. The average molecular weight is 287 g/mol. The largest absolute Gasteiger partial charge is 0.208 e. The van der Waals surface area contributed by atoms with Gasteiger partial charge in [0.2, 0.25) is 5.16 Å². The van der Waals surface area contributed by atoms with Crippen molar-refractivity contribution in [2.24, 2.45) is 5.10 Å². The van der Waals surface area contributed by atoms with Gasteiger partial charge in [0.05, 0.1) is 16.3 Å². The van der Waals surface area contributed by atoms with Crippen LogP contribution in [0.25, 0.3) is 0 Å². The minimum atomic E-state index is 0.405. The van der Waals surface area contributed by atoms with Gasteiger partial charge in [-0.05, 0) is 19.1 Å².